The molecule has 5 heteroatoms. The number of hydrogen-bond donors (Lipinski definition) is 2. The summed E-state index contributed by atoms with van der Waals surface area (Å²) in [5.74, 6) is 0.904. The van der Waals surface area contributed by atoms with Gasteiger partial charge in [-0.05, 0) is 40.9 Å². The smallest absolute Gasteiger partial charge is 0.252 e. The number of aromatic nitrogens is 2. The Morgan fingerprint density at radius 3 is 3.05 bits per heavy atom. The van der Waals surface area contributed by atoms with Gasteiger partial charge in [0.15, 0.2) is 0 Å². The number of H-pyrrole nitrogens is 1. The van der Waals surface area contributed by atoms with Crippen LogP contribution >= 0.6 is 15.9 Å². The number of carbonyl (C=O) groups is 1. The van der Waals surface area contributed by atoms with E-state index in [1.807, 2.05) is 25.1 Å². The number of halogens is 1. The lowest BCUT2D eigenvalue weighted by Crippen LogP contribution is -2.25. The molecule has 0 saturated carbocycles. The molecule has 1 heterocycles. The van der Waals surface area contributed by atoms with Crippen LogP contribution in [0.1, 0.15) is 28.2 Å². The summed E-state index contributed by atoms with van der Waals surface area (Å²) in [4.78, 5) is 19.2. The summed E-state index contributed by atoms with van der Waals surface area (Å²) in [6.45, 7) is 2.61. The van der Waals surface area contributed by atoms with E-state index in [-0.39, 0.29) is 5.91 Å². The van der Waals surface area contributed by atoms with E-state index in [0.29, 0.717) is 12.1 Å². The van der Waals surface area contributed by atoms with Crippen molar-refractivity contribution in [2.75, 3.05) is 6.54 Å². The molecule has 0 spiro atoms. The predicted octanol–water partition coefficient (Wildman–Crippen LogP) is 2.84. The zero-order valence-electron chi connectivity index (χ0n) is 10.7. The van der Waals surface area contributed by atoms with Crippen molar-refractivity contribution in [2.45, 2.75) is 19.8 Å². The SMILES string of the molecule is Cc1cccc(C(=O)NCCCc2ncc[nH]2)c1Br. The van der Waals surface area contributed by atoms with Crippen molar-refractivity contribution < 1.29 is 4.79 Å². The van der Waals surface area contributed by atoms with Gasteiger partial charge in [0.1, 0.15) is 5.82 Å². The molecule has 2 aromatic rings. The van der Waals surface area contributed by atoms with Gasteiger partial charge in [-0.2, -0.15) is 0 Å². The van der Waals surface area contributed by atoms with Gasteiger partial charge in [-0.3, -0.25) is 4.79 Å². The van der Waals surface area contributed by atoms with E-state index in [4.69, 9.17) is 0 Å². The highest BCUT2D eigenvalue weighted by Gasteiger charge is 2.10. The van der Waals surface area contributed by atoms with E-state index in [0.717, 1.165) is 28.7 Å². The van der Waals surface area contributed by atoms with Gasteiger partial charge < -0.3 is 10.3 Å². The molecule has 1 amide bonds. The number of aromatic amines is 1. The first-order valence-electron chi connectivity index (χ1n) is 6.20. The van der Waals surface area contributed by atoms with Crippen molar-refractivity contribution >= 4 is 21.8 Å². The Labute approximate surface area is 120 Å². The van der Waals surface area contributed by atoms with E-state index in [1.54, 1.807) is 12.4 Å². The second kappa shape index (κ2) is 6.52. The van der Waals surface area contributed by atoms with Crippen molar-refractivity contribution in [3.63, 3.8) is 0 Å². The zero-order chi connectivity index (χ0) is 13.7. The molecular formula is C14H16BrN3O. The summed E-state index contributed by atoms with van der Waals surface area (Å²) in [5.41, 5.74) is 1.74. The second-order valence-electron chi connectivity index (χ2n) is 4.33. The predicted molar refractivity (Wildman–Crippen MR) is 78.1 cm³/mol. The summed E-state index contributed by atoms with van der Waals surface area (Å²) < 4.78 is 0.860. The Morgan fingerprint density at radius 1 is 1.47 bits per heavy atom. The Balaban J connectivity index is 1.83. The van der Waals surface area contributed by atoms with E-state index in [1.165, 1.54) is 0 Å². The molecule has 2 rings (SSSR count). The van der Waals surface area contributed by atoms with E-state index in [2.05, 4.69) is 31.2 Å². The van der Waals surface area contributed by atoms with Crippen LogP contribution in [0, 0.1) is 6.92 Å². The minimum atomic E-state index is -0.0463. The van der Waals surface area contributed by atoms with Crippen molar-refractivity contribution in [3.05, 3.63) is 52.0 Å². The van der Waals surface area contributed by atoms with Crippen LogP contribution in [0.2, 0.25) is 0 Å². The molecule has 0 atom stereocenters. The Bertz CT molecular complexity index is 552. The monoisotopic (exact) mass is 321 g/mol. The number of nitrogens with zero attached hydrogens (tertiary/aromatic N) is 1. The highest BCUT2D eigenvalue weighted by Crippen LogP contribution is 2.20. The van der Waals surface area contributed by atoms with Gasteiger partial charge >= 0.3 is 0 Å². The molecule has 0 aliphatic carbocycles. The lowest BCUT2D eigenvalue weighted by Gasteiger charge is -2.08. The molecule has 100 valence electrons. The topological polar surface area (TPSA) is 57.8 Å². The lowest BCUT2D eigenvalue weighted by molar-refractivity contribution is 0.0952. The van der Waals surface area contributed by atoms with Gasteiger partial charge in [-0.1, -0.05) is 12.1 Å². The van der Waals surface area contributed by atoms with Gasteiger partial charge in [0.2, 0.25) is 0 Å². The van der Waals surface area contributed by atoms with Gasteiger partial charge in [-0.25, -0.2) is 4.98 Å². The number of rotatable bonds is 5. The molecule has 19 heavy (non-hydrogen) atoms. The van der Waals surface area contributed by atoms with Crippen LogP contribution in [-0.2, 0) is 6.42 Å². The van der Waals surface area contributed by atoms with Crippen molar-refractivity contribution in [2.24, 2.45) is 0 Å². The molecule has 4 nitrogen and oxygen atoms in total. The molecule has 0 saturated heterocycles. The number of imidazole rings is 1. The number of benzene rings is 1. The van der Waals surface area contributed by atoms with Crippen LogP contribution < -0.4 is 5.32 Å². The average Bonchev–Trinajstić information content (AvgIpc) is 2.91. The summed E-state index contributed by atoms with van der Waals surface area (Å²) >= 11 is 3.45. The third-order valence-electron chi connectivity index (χ3n) is 2.87. The summed E-state index contributed by atoms with van der Waals surface area (Å²) in [6, 6.07) is 5.68. The molecule has 0 unspecified atom stereocenters. The minimum Gasteiger partial charge on any atom is -0.352 e. The standard InChI is InChI=1S/C14H16BrN3O/c1-10-4-2-5-11(13(10)15)14(19)18-7-3-6-12-16-8-9-17-12/h2,4-5,8-9H,3,6-7H2,1H3,(H,16,17)(H,18,19). The van der Waals surface area contributed by atoms with E-state index in [9.17, 15) is 4.79 Å². The Kier molecular flexibility index (Phi) is 4.74. The summed E-state index contributed by atoms with van der Waals surface area (Å²) in [5, 5.41) is 2.92. The fourth-order valence-corrected chi connectivity index (χ4v) is 2.25. The van der Waals surface area contributed by atoms with Crippen LogP contribution in [0.5, 0.6) is 0 Å². The molecular weight excluding hydrogens is 306 g/mol. The molecule has 1 aromatic heterocycles. The fraction of sp³-hybridized carbons (Fsp3) is 0.286. The molecule has 1 aromatic carbocycles. The van der Waals surface area contributed by atoms with Gasteiger partial charge in [0.05, 0.1) is 5.56 Å². The number of hydrogen-bond acceptors (Lipinski definition) is 2. The van der Waals surface area contributed by atoms with Gasteiger partial charge in [0, 0.05) is 29.8 Å². The minimum absolute atomic E-state index is 0.0463. The third kappa shape index (κ3) is 3.67. The van der Waals surface area contributed by atoms with Crippen molar-refractivity contribution in [1.29, 1.82) is 0 Å². The van der Waals surface area contributed by atoms with Crippen LogP contribution in [0.3, 0.4) is 0 Å². The number of aryl methyl sites for hydroxylation is 2. The maximum absolute atomic E-state index is 12.0. The Hall–Kier alpha value is -1.62. The zero-order valence-corrected chi connectivity index (χ0v) is 12.3. The van der Waals surface area contributed by atoms with Crippen LogP contribution in [0.15, 0.2) is 35.1 Å². The average molecular weight is 322 g/mol. The molecule has 0 fully saturated rings. The molecule has 0 bridgehead atoms. The summed E-state index contributed by atoms with van der Waals surface area (Å²) in [6.07, 6.45) is 5.24. The van der Waals surface area contributed by atoms with Gasteiger partial charge in [0.25, 0.3) is 5.91 Å². The molecule has 0 aliphatic rings. The van der Waals surface area contributed by atoms with Gasteiger partial charge in [-0.15, -0.1) is 0 Å². The van der Waals surface area contributed by atoms with Crippen molar-refractivity contribution in [1.82, 2.24) is 15.3 Å². The number of amides is 1. The maximum atomic E-state index is 12.0. The highest BCUT2D eigenvalue weighted by atomic mass is 79.9. The summed E-state index contributed by atoms with van der Waals surface area (Å²) in [7, 11) is 0. The third-order valence-corrected chi connectivity index (χ3v) is 3.92. The van der Waals surface area contributed by atoms with E-state index >= 15 is 0 Å². The maximum Gasteiger partial charge on any atom is 0.252 e. The normalized spacial score (nSPS) is 10.4. The van der Waals surface area contributed by atoms with Crippen LogP contribution in [-0.4, -0.2) is 22.4 Å². The first kappa shape index (κ1) is 13.8. The number of carbonyl (C=O) groups excluding carboxylic acids is 1. The molecule has 0 radical (unpaired) electrons. The van der Waals surface area contributed by atoms with Crippen LogP contribution in [0.4, 0.5) is 0 Å². The first-order chi connectivity index (χ1) is 9.18. The quantitative estimate of drug-likeness (QED) is 0.832. The second-order valence-corrected chi connectivity index (χ2v) is 5.12. The Morgan fingerprint density at radius 2 is 2.32 bits per heavy atom. The largest absolute Gasteiger partial charge is 0.352 e. The van der Waals surface area contributed by atoms with Crippen molar-refractivity contribution in [3.8, 4) is 0 Å². The molecule has 0 aliphatic heterocycles. The number of nitrogens with one attached hydrogen (secondary N) is 2. The lowest BCUT2D eigenvalue weighted by atomic mass is 10.1. The first-order valence-corrected chi connectivity index (χ1v) is 6.99. The fourth-order valence-electron chi connectivity index (χ4n) is 1.81. The highest BCUT2D eigenvalue weighted by molar-refractivity contribution is 9.10. The van der Waals surface area contributed by atoms with Crippen LogP contribution in [0.25, 0.3) is 0 Å². The van der Waals surface area contributed by atoms with E-state index < -0.39 is 0 Å². The molecule has 2 N–H and O–H groups in total.